The summed E-state index contributed by atoms with van der Waals surface area (Å²) < 4.78 is 0. The fourth-order valence-corrected chi connectivity index (χ4v) is 3.93. The van der Waals surface area contributed by atoms with Gasteiger partial charge in [-0.15, -0.1) is 0 Å². The topological polar surface area (TPSA) is 29.3 Å². The average molecular weight is 272 g/mol. The van der Waals surface area contributed by atoms with Crippen molar-refractivity contribution in [2.75, 3.05) is 13.1 Å². The van der Waals surface area contributed by atoms with E-state index < -0.39 is 0 Å². The van der Waals surface area contributed by atoms with Crippen LogP contribution in [0, 0.1) is 11.8 Å². The molecule has 3 rings (SSSR count). The monoisotopic (exact) mass is 272 g/mol. The molecule has 1 aromatic carbocycles. The van der Waals surface area contributed by atoms with Gasteiger partial charge in [-0.05, 0) is 50.0 Å². The molecule has 0 aromatic heterocycles. The van der Waals surface area contributed by atoms with Gasteiger partial charge in [-0.1, -0.05) is 36.8 Å². The molecule has 2 N–H and O–H groups in total. The molecule has 0 spiro atoms. The fourth-order valence-electron chi connectivity index (χ4n) is 3.93. The third kappa shape index (κ3) is 3.24. The van der Waals surface area contributed by atoms with Crippen molar-refractivity contribution in [1.82, 2.24) is 4.90 Å². The maximum Gasteiger partial charge on any atom is 0.0171 e. The Morgan fingerprint density at radius 1 is 1.20 bits per heavy atom. The van der Waals surface area contributed by atoms with E-state index in [2.05, 4.69) is 42.2 Å². The van der Waals surface area contributed by atoms with E-state index in [1.165, 1.54) is 44.2 Å². The van der Waals surface area contributed by atoms with Gasteiger partial charge in [0.2, 0.25) is 0 Å². The SMILES string of the molecule is CC(C1CCC1)N1CC(N)CC(Cc2ccccc2)C1. The highest BCUT2D eigenvalue weighted by molar-refractivity contribution is 5.15. The standard InChI is InChI=1S/C18H28N2/c1-14(17-8-5-9-17)20-12-16(11-18(19)13-20)10-15-6-3-2-4-7-15/h2-4,6-7,14,16-18H,5,8-13,19H2,1H3. The summed E-state index contributed by atoms with van der Waals surface area (Å²) in [6, 6.07) is 12.0. The minimum absolute atomic E-state index is 0.361. The summed E-state index contributed by atoms with van der Waals surface area (Å²) in [6.07, 6.45) is 6.65. The van der Waals surface area contributed by atoms with Gasteiger partial charge >= 0.3 is 0 Å². The molecule has 1 heterocycles. The van der Waals surface area contributed by atoms with E-state index in [0.717, 1.165) is 24.4 Å². The number of hydrogen-bond donors (Lipinski definition) is 1. The number of likely N-dealkylation sites (tertiary alicyclic amines) is 1. The molecule has 2 aliphatic rings. The number of rotatable bonds is 4. The molecule has 20 heavy (non-hydrogen) atoms. The zero-order valence-electron chi connectivity index (χ0n) is 12.7. The van der Waals surface area contributed by atoms with Crippen LogP contribution in [0.1, 0.15) is 38.2 Å². The van der Waals surface area contributed by atoms with Gasteiger partial charge in [0.25, 0.3) is 0 Å². The first kappa shape index (κ1) is 14.1. The Balaban J connectivity index is 1.60. The maximum absolute atomic E-state index is 6.32. The van der Waals surface area contributed by atoms with Crippen molar-refractivity contribution in [3.05, 3.63) is 35.9 Å². The molecular weight excluding hydrogens is 244 g/mol. The van der Waals surface area contributed by atoms with E-state index in [4.69, 9.17) is 5.73 Å². The highest BCUT2D eigenvalue weighted by Crippen LogP contribution is 2.34. The van der Waals surface area contributed by atoms with Gasteiger partial charge in [-0.2, -0.15) is 0 Å². The summed E-state index contributed by atoms with van der Waals surface area (Å²) >= 11 is 0. The van der Waals surface area contributed by atoms with Gasteiger partial charge < -0.3 is 5.73 Å². The summed E-state index contributed by atoms with van der Waals surface area (Å²) in [4.78, 5) is 2.67. The van der Waals surface area contributed by atoms with Gasteiger partial charge in [-0.25, -0.2) is 0 Å². The number of hydrogen-bond acceptors (Lipinski definition) is 2. The van der Waals surface area contributed by atoms with Crippen molar-refractivity contribution in [3.63, 3.8) is 0 Å². The molecule has 0 radical (unpaired) electrons. The van der Waals surface area contributed by atoms with E-state index in [1.54, 1.807) is 0 Å². The Hall–Kier alpha value is -0.860. The molecule has 0 amide bonds. The van der Waals surface area contributed by atoms with Crippen LogP contribution < -0.4 is 5.73 Å². The second-order valence-electron chi connectivity index (χ2n) is 6.94. The molecule has 1 saturated heterocycles. The Morgan fingerprint density at radius 2 is 1.95 bits per heavy atom. The van der Waals surface area contributed by atoms with Crippen molar-refractivity contribution in [2.45, 2.75) is 51.1 Å². The predicted octanol–water partition coefficient (Wildman–Crippen LogP) is 3.07. The first-order chi connectivity index (χ1) is 9.72. The molecular formula is C18H28N2. The average Bonchev–Trinajstić information content (AvgIpc) is 2.37. The highest BCUT2D eigenvalue weighted by atomic mass is 15.2. The molecule has 2 heteroatoms. The predicted molar refractivity (Wildman–Crippen MR) is 84.6 cm³/mol. The maximum atomic E-state index is 6.32. The Labute approximate surface area is 123 Å². The Bertz CT molecular complexity index is 413. The van der Waals surface area contributed by atoms with E-state index in [9.17, 15) is 0 Å². The Morgan fingerprint density at radius 3 is 2.60 bits per heavy atom. The lowest BCUT2D eigenvalue weighted by Gasteiger charge is -2.45. The lowest BCUT2D eigenvalue weighted by molar-refractivity contribution is 0.0587. The third-order valence-electron chi connectivity index (χ3n) is 5.37. The van der Waals surface area contributed by atoms with Crippen LogP contribution in [-0.4, -0.2) is 30.1 Å². The summed E-state index contributed by atoms with van der Waals surface area (Å²) in [7, 11) is 0. The summed E-state index contributed by atoms with van der Waals surface area (Å²) in [5, 5.41) is 0. The largest absolute Gasteiger partial charge is 0.327 e. The molecule has 2 nitrogen and oxygen atoms in total. The summed E-state index contributed by atoms with van der Waals surface area (Å²) in [5.74, 6) is 1.65. The van der Waals surface area contributed by atoms with Crippen molar-refractivity contribution >= 4 is 0 Å². The number of benzene rings is 1. The molecule has 1 aromatic rings. The normalized spacial score (nSPS) is 29.9. The zero-order chi connectivity index (χ0) is 13.9. The van der Waals surface area contributed by atoms with Gasteiger partial charge in [0, 0.05) is 25.2 Å². The fraction of sp³-hybridized carbons (Fsp3) is 0.667. The lowest BCUT2D eigenvalue weighted by Crippen LogP contribution is -2.53. The second-order valence-corrected chi connectivity index (χ2v) is 6.94. The molecule has 3 atom stereocenters. The molecule has 0 bridgehead atoms. The first-order valence-electron chi connectivity index (χ1n) is 8.26. The van der Waals surface area contributed by atoms with Crippen molar-refractivity contribution in [3.8, 4) is 0 Å². The minimum atomic E-state index is 0.361. The van der Waals surface area contributed by atoms with Crippen LogP contribution in [0.2, 0.25) is 0 Å². The van der Waals surface area contributed by atoms with E-state index in [1.807, 2.05) is 0 Å². The molecule has 1 aliphatic carbocycles. The van der Waals surface area contributed by atoms with Crippen molar-refractivity contribution < 1.29 is 0 Å². The molecule has 3 unspecified atom stereocenters. The summed E-state index contributed by atoms with van der Waals surface area (Å²) in [6.45, 7) is 4.75. The molecule has 1 saturated carbocycles. The zero-order valence-corrected chi connectivity index (χ0v) is 12.7. The van der Waals surface area contributed by atoms with Gasteiger partial charge in [0.1, 0.15) is 0 Å². The van der Waals surface area contributed by atoms with E-state index >= 15 is 0 Å². The third-order valence-corrected chi connectivity index (χ3v) is 5.37. The van der Waals surface area contributed by atoms with Crippen LogP contribution in [0.15, 0.2) is 30.3 Å². The summed E-state index contributed by atoms with van der Waals surface area (Å²) in [5.41, 5.74) is 7.79. The number of piperidine rings is 1. The van der Waals surface area contributed by atoms with E-state index in [0.29, 0.717) is 6.04 Å². The quantitative estimate of drug-likeness (QED) is 0.912. The van der Waals surface area contributed by atoms with Crippen LogP contribution >= 0.6 is 0 Å². The van der Waals surface area contributed by atoms with Crippen LogP contribution in [0.4, 0.5) is 0 Å². The second kappa shape index (κ2) is 6.28. The van der Waals surface area contributed by atoms with E-state index in [-0.39, 0.29) is 0 Å². The van der Waals surface area contributed by atoms with Crippen LogP contribution in [0.25, 0.3) is 0 Å². The lowest BCUT2D eigenvalue weighted by atomic mass is 9.78. The van der Waals surface area contributed by atoms with Gasteiger partial charge in [-0.3, -0.25) is 4.90 Å². The van der Waals surface area contributed by atoms with Crippen LogP contribution in [-0.2, 0) is 6.42 Å². The van der Waals surface area contributed by atoms with Crippen LogP contribution in [0.3, 0.4) is 0 Å². The van der Waals surface area contributed by atoms with Crippen LogP contribution in [0.5, 0.6) is 0 Å². The van der Waals surface area contributed by atoms with Crippen molar-refractivity contribution in [2.24, 2.45) is 17.6 Å². The minimum Gasteiger partial charge on any atom is -0.327 e. The Kier molecular flexibility index (Phi) is 4.42. The molecule has 110 valence electrons. The molecule has 2 fully saturated rings. The van der Waals surface area contributed by atoms with Gasteiger partial charge in [0.05, 0.1) is 0 Å². The van der Waals surface area contributed by atoms with Gasteiger partial charge in [0.15, 0.2) is 0 Å². The smallest absolute Gasteiger partial charge is 0.0171 e. The first-order valence-corrected chi connectivity index (χ1v) is 8.26. The number of nitrogens with zero attached hydrogens (tertiary/aromatic N) is 1. The van der Waals surface area contributed by atoms with Crippen molar-refractivity contribution in [1.29, 1.82) is 0 Å². The highest BCUT2D eigenvalue weighted by Gasteiger charge is 2.33. The molecule has 1 aliphatic heterocycles. The number of nitrogens with two attached hydrogens (primary N) is 1.